The highest BCUT2D eigenvalue weighted by Crippen LogP contribution is 2.11. The molecule has 0 spiro atoms. The number of aldehydes is 1. The zero-order valence-corrected chi connectivity index (χ0v) is 10.6. The fraction of sp³-hybridized carbons (Fsp3) is 0.750. The minimum atomic E-state index is -5.05. The Morgan fingerprint density at radius 1 is 1.42 bits per heavy atom. The van der Waals surface area contributed by atoms with Gasteiger partial charge in [0.2, 0.25) is 5.91 Å². The van der Waals surface area contributed by atoms with Crippen LogP contribution in [0, 0.1) is 0 Å². The Labute approximate surface area is 109 Å². The summed E-state index contributed by atoms with van der Waals surface area (Å²) in [6.45, 7) is 0.0211. The van der Waals surface area contributed by atoms with Crippen LogP contribution in [0.15, 0.2) is 0 Å². The Kier molecular flexibility index (Phi) is 7.04. The Bertz CT molecular complexity index is 408. The van der Waals surface area contributed by atoms with E-state index in [-0.39, 0.29) is 6.29 Å². The molecule has 10 nitrogen and oxygen atoms in total. The van der Waals surface area contributed by atoms with Crippen molar-refractivity contribution in [2.75, 3.05) is 6.61 Å². The summed E-state index contributed by atoms with van der Waals surface area (Å²) >= 11 is 0. The topological polar surface area (TPSA) is 170 Å². The summed E-state index contributed by atoms with van der Waals surface area (Å²) in [6, 6.07) is -1.59. The quantitative estimate of drug-likeness (QED) is 0.226. The van der Waals surface area contributed by atoms with Crippen LogP contribution < -0.4 is 5.32 Å². The molecule has 0 fully saturated rings. The van der Waals surface area contributed by atoms with Crippen LogP contribution in [0.1, 0.15) is 6.92 Å². The molecular weight excluding hydrogens is 286 g/mol. The molecule has 11 heteroatoms. The second-order valence-corrected chi connectivity index (χ2v) is 4.64. The maximum atomic E-state index is 10.8. The maximum absolute atomic E-state index is 10.8. The third kappa shape index (κ3) is 6.56. The van der Waals surface area contributed by atoms with Gasteiger partial charge in [-0.15, -0.1) is 0 Å². The summed E-state index contributed by atoms with van der Waals surface area (Å²) in [5.74, 6) is -0.708. The van der Waals surface area contributed by atoms with Gasteiger partial charge in [0.05, 0.1) is 6.61 Å². The molecule has 19 heavy (non-hydrogen) atoms. The van der Waals surface area contributed by atoms with Crippen LogP contribution in [-0.2, 0) is 24.2 Å². The molecule has 4 atom stereocenters. The lowest BCUT2D eigenvalue weighted by Gasteiger charge is -2.28. The number of aliphatic hydroxyl groups is 3. The van der Waals surface area contributed by atoms with E-state index in [0.717, 1.165) is 6.92 Å². The van der Waals surface area contributed by atoms with Crippen LogP contribution in [0.2, 0.25) is 0 Å². The molecule has 0 unspecified atom stereocenters. The number of aliphatic hydroxyl groups excluding tert-OH is 3. The number of hydrogen-bond acceptors (Lipinski definition) is 8. The van der Waals surface area contributed by atoms with E-state index in [1.807, 2.05) is 5.32 Å². The van der Waals surface area contributed by atoms with E-state index in [1.54, 1.807) is 0 Å². The van der Waals surface area contributed by atoms with E-state index in [9.17, 15) is 28.2 Å². The normalized spacial score (nSPS) is 18.2. The van der Waals surface area contributed by atoms with Gasteiger partial charge in [0, 0.05) is 6.92 Å². The van der Waals surface area contributed by atoms with Gasteiger partial charge in [-0.1, -0.05) is 0 Å². The molecule has 0 aromatic carbocycles. The zero-order valence-electron chi connectivity index (χ0n) is 9.83. The molecule has 0 heterocycles. The van der Waals surface area contributed by atoms with Crippen molar-refractivity contribution in [2.45, 2.75) is 31.3 Å². The minimum Gasteiger partial charge on any atom is -0.394 e. The fourth-order valence-electron chi connectivity index (χ4n) is 1.23. The molecule has 0 saturated carbocycles. The lowest BCUT2D eigenvalue weighted by atomic mass is 10.0. The number of amides is 1. The van der Waals surface area contributed by atoms with Crippen molar-refractivity contribution in [1.82, 2.24) is 5.32 Å². The van der Waals surface area contributed by atoms with Gasteiger partial charge in [-0.2, -0.15) is 8.42 Å². The monoisotopic (exact) mass is 301 g/mol. The van der Waals surface area contributed by atoms with Gasteiger partial charge >= 0.3 is 10.4 Å². The van der Waals surface area contributed by atoms with E-state index < -0.39 is 47.3 Å². The van der Waals surface area contributed by atoms with E-state index in [0.29, 0.717) is 0 Å². The first-order valence-corrected chi connectivity index (χ1v) is 6.34. The first kappa shape index (κ1) is 17.9. The second kappa shape index (κ2) is 7.47. The third-order valence-corrected chi connectivity index (χ3v) is 2.49. The Balaban J connectivity index is 5.11. The first-order chi connectivity index (χ1) is 8.62. The predicted octanol–water partition coefficient (Wildman–Crippen LogP) is -3.41. The Morgan fingerprint density at radius 3 is 2.26 bits per heavy atom. The molecule has 0 radical (unpaired) electrons. The number of carbonyl (C=O) groups excluding carboxylic acids is 2. The zero-order chi connectivity index (χ0) is 15.2. The Hall–Kier alpha value is -1.11. The summed E-state index contributed by atoms with van der Waals surface area (Å²) in [5.41, 5.74) is 0. The highest BCUT2D eigenvalue weighted by atomic mass is 32.3. The van der Waals surface area contributed by atoms with Crippen LogP contribution in [0.4, 0.5) is 0 Å². The van der Waals surface area contributed by atoms with Crippen molar-refractivity contribution in [3.63, 3.8) is 0 Å². The third-order valence-electron chi connectivity index (χ3n) is 2.02. The van der Waals surface area contributed by atoms with Crippen molar-refractivity contribution >= 4 is 22.6 Å². The summed E-state index contributed by atoms with van der Waals surface area (Å²) in [4.78, 5) is 21.4. The van der Waals surface area contributed by atoms with Gasteiger partial charge in [0.25, 0.3) is 0 Å². The van der Waals surface area contributed by atoms with Crippen molar-refractivity contribution < 1.29 is 42.1 Å². The van der Waals surface area contributed by atoms with Crippen molar-refractivity contribution in [3.8, 4) is 0 Å². The molecule has 0 aliphatic rings. The van der Waals surface area contributed by atoms with Gasteiger partial charge in [-0.05, 0) is 0 Å². The van der Waals surface area contributed by atoms with Crippen molar-refractivity contribution in [2.24, 2.45) is 0 Å². The average molecular weight is 301 g/mol. The van der Waals surface area contributed by atoms with Crippen molar-refractivity contribution in [1.29, 1.82) is 0 Å². The number of hydrogen-bond donors (Lipinski definition) is 5. The van der Waals surface area contributed by atoms with Crippen LogP contribution in [0.25, 0.3) is 0 Å². The van der Waals surface area contributed by atoms with E-state index >= 15 is 0 Å². The highest BCUT2D eigenvalue weighted by molar-refractivity contribution is 7.80. The largest absolute Gasteiger partial charge is 0.397 e. The molecule has 0 aliphatic carbocycles. The molecule has 0 aromatic rings. The van der Waals surface area contributed by atoms with E-state index in [1.165, 1.54) is 0 Å². The molecule has 112 valence electrons. The van der Waals surface area contributed by atoms with Gasteiger partial charge in [0.1, 0.15) is 30.6 Å². The number of nitrogens with one attached hydrogen (secondary N) is 1. The van der Waals surface area contributed by atoms with Crippen LogP contribution in [0.5, 0.6) is 0 Å². The van der Waals surface area contributed by atoms with Gasteiger partial charge < -0.3 is 25.4 Å². The van der Waals surface area contributed by atoms with Gasteiger partial charge in [-0.25, -0.2) is 4.18 Å². The first-order valence-electron chi connectivity index (χ1n) is 4.97. The molecule has 0 aliphatic heterocycles. The maximum Gasteiger partial charge on any atom is 0.397 e. The molecule has 0 bridgehead atoms. The summed E-state index contributed by atoms with van der Waals surface area (Å²) in [5, 5.41) is 29.6. The molecule has 0 aromatic heterocycles. The fourth-order valence-corrected chi connectivity index (χ4v) is 1.75. The van der Waals surface area contributed by atoms with Crippen LogP contribution in [0.3, 0.4) is 0 Å². The molecule has 5 N–H and O–H groups in total. The van der Waals surface area contributed by atoms with E-state index in [2.05, 4.69) is 4.18 Å². The second-order valence-electron chi connectivity index (χ2n) is 3.59. The highest BCUT2D eigenvalue weighted by Gasteiger charge is 2.37. The summed E-state index contributed by atoms with van der Waals surface area (Å²) in [6.07, 6.45) is -5.88. The molecule has 0 rings (SSSR count). The average Bonchev–Trinajstić information content (AvgIpc) is 2.29. The summed E-state index contributed by atoms with van der Waals surface area (Å²) < 4.78 is 33.6. The lowest BCUT2D eigenvalue weighted by Crippen LogP contribution is -2.54. The van der Waals surface area contributed by atoms with Crippen molar-refractivity contribution in [3.05, 3.63) is 0 Å². The number of rotatable bonds is 8. The standard InChI is InChI=1S/C8H15NO9S/c1-4(12)9-5(2-10)7(14)8(6(13)3-11)18-19(15,16)17/h2,5-8,11,13-14H,3H2,1H3,(H,9,12)(H,15,16,17)/t5-,6-,7-,8-/m1/s1. The molecular formula is C8H15NO9S. The predicted molar refractivity (Wildman–Crippen MR) is 59.2 cm³/mol. The van der Waals surface area contributed by atoms with Gasteiger partial charge in [-0.3, -0.25) is 9.35 Å². The summed E-state index contributed by atoms with van der Waals surface area (Å²) in [7, 11) is -5.05. The van der Waals surface area contributed by atoms with Crippen LogP contribution >= 0.6 is 0 Å². The minimum absolute atomic E-state index is 0.0799. The van der Waals surface area contributed by atoms with Crippen LogP contribution in [-0.4, -0.2) is 71.4 Å². The number of carbonyl (C=O) groups is 2. The molecule has 1 amide bonds. The smallest absolute Gasteiger partial charge is 0.394 e. The van der Waals surface area contributed by atoms with Gasteiger partial charge in [0.15, 0.2) is 0 Å². The van der Waals surface area contributed by atoms with E-state index in [4.69, 9.17) is 9.66 Å². The molecule has 0 saturated heterocycles. The SMILES string of the molecule is CC(=O)N[C@H](C=O)[C@@H](O)[C@H](OS(=O)(=O)O)[C@H](O)CO. The lowest BCUT2D eigenvalue weighted by molar-refractivity contribution is -0.128. The Morgan fingerprint density at radius 2 is 1.95 bits per heavy atom.